The zero-order chi connectivity index (χ0) is 13.6. The summed E-state index contributed by atoms with van der Waals surface area (Å²) in [5.74, 6) is -13.7. The van der Waals surface area contributed by atoms with Crippen LogP contribution in [0, 0.1) is 0 Å². The minimum Gasteiger partial charge on any atom is -0.743 e. The Hall–Kier alpha value is 0.986. The molecule has 17 heavy (non-hydrogen) atoms. The molecule has 13 heteroatoms. The third kappa shape index (κ3) is 3.30. The van der Waals surface area contributed by atoms with Crippen molar-refractivity contribution in [1.29, 1.82) is 0 Å². The van der Waals surface area contributed by atoms with Crippen molar-refractivity contribution >= 4 is 10.1 Å². The van der Waals surface area contributed by atoms with E-state index in [2.05, 4.69) is 0 Å². The SMILES string of the molecule is O=S(=O)([O-])C(F)(F)C(F)(F)C(F)(F)C(F)F.[K+]. The van der Waals surface area contributed by atoms with Crippen molar-refractivity contribution in [3.05, 3.63) is 0 Å². The van der Waals surface area contributed by atoms with Crippen molar-refractivity contribution in [3.8, 4) is 0 Å². The maximum Gasteiger partial charge on any atom is 1.00 e. The quantitative estimate of drug-likeness (QED) is 0.366. The van der Waals surface area contributed by atoms with E-state index in [0.29, 0.717) is 0 Å². The van der Waals surface area contributed by atoms with E-state index in [-0.39, 0.29) is 51.4 Å². The molecule has 0 aliphatic heterocycles. The van der Waals surface area contributed by atoms with Gasteiger partial charge < -0.3 is 4.55 Å². The average Bonchev–Trinajstić information content (AvgIpc) is 2.00. The van der Waals surface area contributed by atoms with Gasteiger partial charge >= 0.3 is 74.9 Å². The molecular weight excluding hydrogens is 319 g/mol. The zero-order valence-electron chi connectivity index (χ0n) is 7.73. The normalized spacial score (nSPS) is 14.7. The molecule has 0 atom stereocenters. The van der Waals surface area contributed by atoms with Crippen molar-refractivity contribution in [2.75, 3.05) is 0 Å². The first-order valence-electron chi connectivity index (χ1n) is 3.06. The summed E-state index contributed by atoms with van der Waals surface area (Å²) < 4.78 is 124. The molecule has 98 valence electrons. The van der Waals surface area contributed by atoms with Crippen LogP contribution < -0.4 is 51.4 Å². The van der Waals surface area contributed by atoms with Crippen molar-refractivity contribution in [1.82, 2.24) is 0 Å². The standard InChI is InChI=1S/C4H2F8O3S.K/c5-1(6)2(7,8)3(9,10)4(11,12)16(13,14)15;/h1H,(H,13,14,15);/q;+1/p-1. The van der Waals surface area contributed by atoms with Gasteiger partial charge in [-0.1, -0.05) is 0 Å². The summed E-state index contributed by atoms with van der Waals surface area (Å²) in [5, 5.41) is -6.85. The molecule has 0 unspecified atom stereocenters. The first-order chi connectivity index (χ1) is 6.69. The van der Waals surface area contributed by atoms with Gasteiger partial charge in [0.2, 0.25) is 0 Å². The van der Waals surface area contributed by atoms with Gasteiger partial charge in [-0.15, -0.1) is 0 Å². The predicted octanol–water partition coefficient (Wildman–Crippen LogP) is -1.34. The topological polar surface area (TPSA) is 57.2 Å². The third-order valence-corrected chi connectivity index (χ3v) is 2.26. The Bertz CT molecular complexity index is 365. The molecule has 0 bridgehead atoms. The van der Waals surface area contributed by atoms with E-state index in [1.807, 2.05) is 0 Å². The van der Waals surface area contributed by atoms with E-state index in [1.54, 1.807) is 0 Å². The molecule has 0 aliphatic carbocycles. The van der Waals surface area contributed by atoms with Crippen LogP contribution >= 0.6 is 0 Å². The maximum atomic E-state index is 12.2. The van der Waals surface area contributed by atoms with Crippen LogP contribution in [0.3, 0.4) is 0 Å². The summed E-state index contributed by atoms with van der Waals surface area (Å²) in [5.41, 5.74) is 0. The van der Waals surface area contributed by atoms with Crippen LogP contribution in [-0.4, -0.2) is 36.5 Å². The van der Waals surface area contributed by atoms with E-state index in [9.17, 15) is 48.1 Å². The van der Waals surface area contributed by atoms with Crippen LogP contribution in [0.2, 0.25) is 0 Å². The van der Waals surface area contributed by atoms with E-state index >= 15 is 0 Å². The zero-order valence-corrected chi connectivity index (χ0v) is 11.7. The Morgan fingerprint density at radius 3 is 1.41 bits per heavy atom. The predicted molar refractivity (Wildman–Crippen MR) is 30.5 cm³/mol. The Labute approximate surface area is 132 Å². The van der Waals surface area contributed by atoms with Crippen molar-refractivity contribution in [2.24, 2.45) is 0 Å². The molecule has 0 aliphatic rings. The second kappa shape index (κ2) is 5.54. The number of alkyl halides is 8. The van der Waals surface area contributed by atoms with Gasteiger partial charge in [-0.3, -0.25) is 0 Å². The summed E-state index contributed by atoms with van der Waals surface area (Å²) in [4.78, 5) is 0. The molecule has 0 amide bonds. The van der Waals surface area contributed by atoms with Gasteiger partial charge in [0.25, 0.3) is 0 Å². The molecule has 0 aromatic carbocycles. The third-order valence-electron chi connectivity index (χ3n) is 1.37. The van der Waals surface area contributed by atoms with E-state index < -0.39 is 33.6 Å². The fraction of sp³-hybridized carbons (Fsp3) is 1.00. The summed E-state index contributed by atoms with van der Waals surface area (Å²) in [6.07, 6.45) is -5.27. The largest absolute Gasteiger partial charge is 1.00 e. The molecule has 0 rings (SSSR count). The smallest absolute Gasteiger partial charge is 0.743 e. The van der Waals surface area contributed by atoms with Crippen LogP contribution in [0.4, 0.5) is 35.1 Å². The van der Waals surface area contributed by atoms with Gasteiger partial charge in [-0.2, -0.15) is 26.3 Å². The van der Waals surface area contributed by atoms with Gasteiger partial charge in [-0.25, -0.2) is 17.2 Å². The minimum atomic E-state index is -7.22. The van der Waals surface area contributed by atoms with Gasteiger partial charge in [0.05, 0.1) is 0 Å². The van der Waals surface area contributed by atoms with Gasteiger partial charge in [-0.05, 0) is 0 Å². The maximum absolute atomic E-state index is 12.2. The molecule has 0 saturated carbocycles. The molecule has 0 fully saturated rings. The Kier molecular flexibility index (Phi) is 6.62. The molecule has 0 aromatic rings. The molecule has 0 N–H and O–H groups in total. The molecular formula is C4HF8KO3S. The van der Waals surface area contributed by atoms with Gasteiger partial charge in [0, 0.05) is 0 Å². The number of rotatable bonds is 4. The van der Waals surface area contributed by atoms with Crippen molar-refractivity contribution in [2.45, 2.75) is 23.5 Å². The minimum absolute atomic E-state index is 0. The summed E-state index contributed by atoms with van der Waals surface area (Å²) >= 11 is 0. The van der Waals surface area contributed by atoms with Crippen molar-refractivity contribution in [3.63, 3.8) is 0 Å². The molecule has 0 saturated heterocycles. The van der Waals surface area contributed by atoms with Gasteiger partial charge in [0.15, 0.2) is 10.1 Å². The number of hydrogen-bond donors (Lipinski definition) is 0. The van der Waals surface area contributed by atoms with Crippen LogP contribution in [0.25, 0.3) is 0 Å². The second-order valence-electron chi connectivity index (χ2n) is 2.47. The average molecular weight is 320 g/mol. The van der Waals surface area contributed by atoms with Crippen LogP contribution in [0.5, 0.6) is 0 Å². The fourth-order valence-electron chi connectivity index (χ4n) is 0.488. The Balaban J connectivity index is 0. The monoisotopic (exact) mass is 320 g/mol. The number of halogens is 8. The van der Waals surface area contributed by atoms with Crippen LogP contribution in [0.15, 0.2) is 0 Å². The fourth-order valence-corrected chi connectivity index (χ4v) is 0.938. The Morgan fingerprint density at radius 2 is 1.24 bits per heavy atom. The molecule has 0 heterocycles. The summed E-state index contributed by atoms with van der Waals surface area (Å²) in [6.45, 7) is 0. The molecule has 0 spiro atoms. The molecule has 3 nitrogen and oxygen atoms in total. The van der Waals surface area contributed by atoms with Crippen molar-refractivity contribution < 1.29 is 99.5 Å². The second-order valence-corrected chi connectivity index (χ2v) is 3.89. The summed E-state index contributed by atoms with van der Waals surface area (Å²) in [6, 6.07) is 0. The van der Waals surface area contributed by atoms with Crippen LogP contribution in [-0.2, 0) is 10.1 Å². The summed E-state index contributed by atoms with van der Waals surface area (Å²) in [7, 11) is -7.22. The Morgan fingerprint density at radius 1 is 0.941 bits per heavy atom. The first kappa shape index (κ1) is 20.3. The van der Waals surface area contributed by atoms with Crippen LogP contribution in [0.1, 0.15) is 0 Å². The van der Waals surface area contributed by atoms with E-state index in [1.165, 1.54) is 0 Å². The van der Waals surface area contributed by atoms with E-state index in [4.69, 9.17) is 0 Å². The molecule has 0 aromatic heterocycles. The van der Waals surface area contributed by atoms with E-state index in [0.717, 1.165) is 0 Å². The first-order valence-corrected chi connectivity index (χ1v) is 4.47. The van der Waals surface area contributed by atoms with Gasteiger partial charge in [0.1, 0.15) is 0 Å². The number of hydrogen-bond acceptors (Lipinski definition) is 3. The molecule has 0 radical (unpaired) electrons.